The predicted molar refractivity (Wildman–Crippen MR) is 113 cm³/mol. The molecule has 0 saturated heterocycles. The summed E-state index contributed by atoms with van der Waals surface area (Å²) >= 11 is 0. The van der Waals surface area contributed by atoms with Crippen LogP contribution in [0.2, 0.25) is 0 Å². The summed E-state index contributed by atoms with van der Waals surface area (Å²) in [6.07, 6.45) is 1.92. The molecule has 0 saturated carbocycles. The first-order valence-corrected chi connectivity index (χ1v) is 11.3. The van der Waals surface area contributed by atoms with E-state index >= 15 is 0 Å². The minimum absolute atomic E-state index is 0.144. The molecule has 0 aliphatic rings. The van der Waals surface area contributed by atoms with Gasteiger partial charge in [-0.05, 0) is 30.4 Å². The van der Waals surface area contributed by atoms with Gasteiger partial charge in [0.05, 0.1) is 18.8 Å². The molecule has 0 heterocycles. The number of hydrogen-bond donors (Lipinski definition) is 1. The summed E-state index contributed by atoms with van der Waals surface area (Å²) in [5.74, 6) is 0.0936. The Morgan fingerprint density at radius 1 is 1.04 bits per heavy atom. The molecule has 152 valence electrons. The van der Waals surface area contributed by atoms with Gasteiger partial charge in [0.1, 0.15) is 0 Å². The SMILES string of the molecule is Cc1ccc(CN(CC(=O)NC(CC(C)C)c2ccccc2)S(C)(=O)=O)cc1. The number of carbonyl (C=O) groups is 1. The Bertz CT molecular complexity index is 862. The van der Waals surface area contributed by atoms with Crippen molar-refractivity contribution in [1.82, 2.24) is 9.62 Å². The lowest BCUT2D eigenvalue weighted by atomic mass is 9.97. The van der Waals surface area contributed by atoms with Gasteiger partial charge in [-0.15, -0.1) is 0 Å². The zero-order valence-electron chi connectivity index (χ0n) is 17.1. The lowest BCUT2D eigenvalue weighted by Crippen LogP contribution is -2.41. The van der Waals surface area contributed by atoms with E-state index in [-0.39, 0.29) is 25.0 Å². The third kappa shape index (κ3) is 7.09. The van der Waals surface area contributed by atoms with E-state index in [0.29, 0.717) is 5.92 Å². The summed E-state index contributed by atoms with van der Waals surface area (Å²) in [6.45, 7) is 6.15. The Morgan fingerprint density at radius 2 is 1.64 bits per heavy atom. The van der Waals surface area contributed by atoms with Crippen LogP contribution in [0.5, 0.6) is 0 Å². The summed E-state index contributed by atoms with van der Waals surface area (Å²) in [5.41, 5.74) is 2.98. The average Bonchev–Trinajstić information content (AvgIpc) is 2.62. The Labute approximate surface area is 168 Å². The molecule has 1 unspecified atom stereocenters. The Morgan fingerprint density at radius 3 is 2.18 bits per heavy atom. The number of carbonyl (C=O) groups excluding carboxylic acids is 1. The normalized spacial score (nSPS) is 12.9. The quantitative estimate of drug-likeness (QED) is 0.696. The van der Waals surface area contributed by atoms with Gasteiger partial charge < -0.3 is 5.32 Å². The summed E-state index contributed by atoms with van der Waals surface area (Å²) in [5, 5.41) is 3.02. The van der Waals surface area contributed by atoms with Crippen molar-refractivity contribution in [2.45, 2.75) is 39.8 Å². The lowest BCUT2D eigenvalue weighted by molar-refractivity contribution is -0.122. The molecule has 2 aromatic carbocycles. The summed E-state index contributed by atoms with van der Waals surface area (Å²) in [7, 11) is -3.52. The highest BCUT2D eigenvalue weighted by Crippen LogP contribution is 2.21. The highest BCUT2D eigenvalue weighted by atomic mass is 32.2. The summed E-state index contributed by atoms with van der Waals surface area (Å²) in [6, 6.07) is 17.3. The number of hydrogen-bond acceptors (Lipinski definition) is 3. The molecule has 6 heteroatoms. The van der Waals surface area contributed by atoms with Gasteiger partial charge >= 0.3 is 0 Å². The van der Waals surface area contributed by atoms with Gasteiger partial charge in [-0.3, -0.25) is 4.79 Å². The van der Waals surface area contributed by atoms with Gasteiger partial charge in [0, 0.05) is 6.54 Å². The monoisotopic (exact) mass is 402 g/mol. The molecule has 28 heavy (non-hydrogen) atoms. The lowest BCUT2D eigenvalue weighted by Gasteiger charge is -2.24. The standard InChI is InChI=1S/C22H30N2O3S/c1-17(2)14-21(20-8-6-5-7-9-20)23-22(25)16-24(28(4,26)27)15-19-12-10-18(3)11-13-19/h5-13,17,21H,14-16H2,1-4H3,(H,23,25). The Kier molecular flexibility index (Phi) is 7.78. The van der Waals surface area contributed by atoms with Crippen LogP contribution in [0.25, 0.3) is 0 Å². The number of amides is 1. The maximum atomic E-state index is 12.7. The predicted octanol–water partition coefficient (Wildman–Crippen LogP) is 3.66. The van der Waals surface area contributed by atoms with E-state index in [9.17, 15) is 13.2 Å². The van der Waals surface area contributed by atoms with E-state index < -0.39 is 10.0 Å². The molecule has 1 atom stereocenters. The molecule has 5 nitrogen and oxygen atoms in total. The van der Waals surface area contributed by atoms with Crippen molar-refractivity contribution in [2.24, 2.45) is 5.92 Å². The van der Waals surface area contributed by atoms with Crippen molar-refractivity contribution in [1.29, 1.82) is 0 Å². The van der Waals surface area contributed by atoms with Gasteiger partial charge in [-0.2, -0.15) is 4.31 Å². The van der Waals surface area contributed by atoms with Gasteiger partial charge in [0.15, 0.2) is 0 Å². The molecule has 0 aliphatic heterocycles. The molecule has 2 rings (SSSR count). The molecule has 2 aromatic rings. The number of nitrogens with zero attached hydrogens (tertiary/aromatic N) is 1. The van der Waals surface area contributed by atoms with E-state index in [1.165, 1.54) is 4.31 Å². The minimum Gasteiger partial charge on any atom is -0.348 e. The fourth-order valence-corrected chi connectivity index (χ4v) is 3.76. The Balaban J connectivity index is 2.11. The molecular weight excluding hydrogens is 372 g/mol. The number of nitrogens with one attached hydrogen (secondary N) is 1. The van der Waals surface area contributed by atoms with Crippen molar-refractivity contribution in [2.75, 3.05) is 12.8 Å². The molecule has 0 spiro atoms. The molecule has 0 bridgehead atoms. The molecule has 1 N–H and O–H groups in total. The molecule has 0 aromatic heterocycles. The number of aryl methyl sites for hydroxylation is 1. The second-order valence-electron chi connectivity index (χ2n) is 7.68. The zero-order valence-corrected chi connectivity index (χ0v) is 17.9. The highest BCUT2D eigenvalue weighted by molar-refractivity contribution is 7.88. The number of rotatable bonds is 9. The molecule has 1 amide bonds. The van der Waals surface area contributed by atoms with Crippen molar-refractivity contribution in [3.05, 3.63) is 71.3 Å². The average molecular weight is 403 g/mol. The maximum Gasteiger partial charge on any atom is 0.235 e. The van der Waals surface area contributed by atoms with Gasteiger partial charge in [0.2, 0.25) is 15.9 Å². The van der Waals surface area contributed by atoms with Gasteiger partial charge in [-0.25, -0.2) is 8.42 Å². The van der Waals surface area contributed by atoms with Crippen LogP contribution in [0.15, 0.2) is 54.6 Å². The van der Waals surface area contributed by atoms with E-state index in [0.717, 1.165) is 29.4 Å². The van der Waals surface area contributed by atoms with E-state index in [4.69, 9.17) is 0 Å². The van der Waals surface area contributed by atoms with Crippen LogP contribution in [-0.4, -0.2) is 31.4 Å². The Hall–Kier alpha value is -2.18. The summed E-state index contributed by atoms with van der Waals surface area (Å²) in [4.78, 5) is 12.7. The second-order valence-corrected chi connectivity index (χ2v) is 9.66. The van der Waals surface area contributed by atoms with Crippen LogP contribution in [0.1, 0.15) is 43.0 Å². The first kappa shape index (κ1) is 22.1. The van der Waals surface area contributed by atoms with Crippen LogP contribution in [0, 0.1) is 12.8 Å². The molecule has 0 aliphatic carbocycles. The summed E-state index contributed by atoms with van der Waals surface area (Å²) < 4.78 is 25.6. The van der Waals surface area contributed by atoms with Gasteiger partial charge in [-0.1, -0.05) is 74.0 Å². The van der Waals surface area contributed by atoms with Crippen LogP contribution in [0.4, 0.5) is 0 Å². The number of benzene rings is 2. The first-order valence-electron chi connectivity index (χ1n) is 9.50. The van der Waals surface area contributed by atoms with Crippen molar-refractivity contribution >= 4 is 15.9 Å². The zero-order chi connectivity index (χ0) is 20.7. The van der Waals surface area contributed by atoms with Crippen molar-refractivity contribution < 1.29 is 13.2 Å². The fraction of sp³-hybridized carbons (Fsp3) is 0.409. The number of sulfonamides is 1. The van der Waals surface area contributed by atoms with E-state index in [2.05, 4.69) is 19.2 Å². The molecule has 0 fully saturated rings. The largest absolute Gasteiger partial charge is 0.348 e. The van der Waals surface area contributed by atoms with Crippen LogP contribution >= 0.6 is 0 Å². The molecular formula is C22H30N2O3S. The minimum atomic E-state index is -3.52. The maximum absolute atomic E-state index is 12.7. The molecule has 0 radical (unpaired) electrons. The third-order valence-corrected chi connectivity index (χ3v) is 5.71. The van der Waals surface area contributed by atoms with E-state index in [1.54, 1.807) is 0 Å². The first-order chi connectivity index (χ1) is 13.1. The van der Waals surface area contributed by atoms with Crippen LogP contribution < -0.4 is 5.32 Å². The van der Waals surface area contributed by atoms with Gasteiger partial charge in [0.25, 0.3) is 0 Å². The second kappa shape index (κ2) is 9.85. The van der Waals surface area contributed by atoms with Crippen molar-refractivity contribution in [3.8, 4) is 0 Å². The fourth-order valence-electron chi connectivity index (χ4n) is 3.02. The van der Waals surface area contributed by atoms with Crippen LogP contribution in [-0.2, 0) is 21.4 Å². The third-order valence-electron chi connectivity index (χ3n) is 4.51. The van der Waals surface area contributed by atoms with Crippen LogP contribution in [0.3, 0.4) is 0 Å². The van der Waals surface area contributed by atoms with E-state index in [1.807, 2.05) is 61.5 Å². The topological polar surface area (TPSA) is 66.5 Å². The smallest absolute Gasteiger partial charge is 0.235 e. The van der Waals surface area contributed by atoms with Crippen molar-refractivity contribution in [3.63, 3.8) is 0 Å². The highest BCUT2D eigenvalue weighted by Gasteiger charge is 2.23.